The molecule has 4 rings (SSSR count). The van der Waals surface area contributed by atoms with E-state index in [1.807, 2.05) is 56.3 Å². The zero-order valence-electron chi connectivity index (χ0n) is 18.8. The number of carbonyl (C=O) groups excluding carboxylic acids is 2. The third kappa shape index (κ3) is 5.15. The van der Waals surface area contributed by atoms with Gasteiger partial charge in [-0.2, -0.15) is 0 Å². The topological polar surface area (TPSA) is 88.9 Å². The van der Waals surface area contributed by atoms with E-state index in [9.17, 15) is 9.59 Å². The molecule has 3 aromatic rings. The van der Waals surface area contributed by atoms with Crippen molar-refractivity contribution in [2.75, 3.05) is 0 Å². The molecule has 0 radical (unpaired) electrons. The summed E-state index contributed by atoms with van der Waals surface area (Å²) in [6.45, 7) is 5.08. The Hall–Kier alpha value is -3.22. The van der Waals surface area contributed by atoms with Crippen LogP contribution in [0.25, 0.3) is 10.8 Å². The average molecular weight is 434 g/mol. The van der Waals surface area contributed by atoms with Crippen molar-refractivity contribution < 1.29 is 9.59 Å². The lowest BCUT2D eigenvalue weighted by atomic mass is 10.0. The maximum Gasteiger partial charge on any atom is 0.243 e. The van der Waals surface area contributed by atoms with Crippen LogP contribution in [0.1, 0.15) is 50.3 Å². The van der Waals surface area contributed by atoms with Crippen molar-refractivity contribution in [3.05, 3.63) is 59.7 Å². The number of fused-ring (bicyclic) bond motifs is 2. The van der Waals surface area contributed by atoms with Crippen LogP contribution in [0, 0.1) is 5.92 Å². The second kappa shape index (κ2) is 9.94. The minimum absolute atomic E-state index is 0.0360. The Morgan fingerprint density at radius 1 is 1.03 bits per heavy atom. The summed E-state index contributed by atoms with van der Waals surface area (Å²) in [4.78, 5) is 25.6. The van der Waals surface area contributed by atoms with Crippen LogP contribution in [0.3, 0.4) is 0 Å². The van der Waals surface area contributed by atoms with Crippen LogP contribution in [-0.2, 0) is 35.5 Å². The number of nitrogens with one attached hydrogen (secondary N) is 2. The van der Waals surface area contributed by atoms with Gasteiger partial charge in [-0.3, -0.25) is 9.59 Å². The van der Waals surface area contributed by atoms with E-state index in [1.54, 1.807) is 0 Å². The van der Waals surface area contributed by atoms with E-state index in [2.05, 4.69) is 25.4 Å². The molecule has 32 heavy (non-hydrogen) atoms. The van der Waals surface area contributed by atoms with Crippen LogP contribution in [0.5, 0.6) is 0 Å². The molecular formula is C25H31N5O2. The van der Waals surface area contributed by atoms with Crippen molar-refractivity contribution in [3.8, 4) is 0 Å². The predicted octanol–water partition coefficient (Wildman–Crippen LogP) is 3.16. The summed E-state index contributed by atoms with van der Waals surface area (Å²) in [7, 11) is 0. The number of benzene rings is 2. The Labute approximate surface area is 188 Å². The molecule has 0 fully saturated rings. The number of hydrogen-bond donors (Lipinski definition) is 2. The van der Waals surface area contributed by atoms with Gasteiger partial charge in [-0.05, 0) is 35.1 Å². The molecule has 168 valence electrons. The smallest absolute Gasteiger partial charge is 0.243 e. The average Bonchev–Trinajstić information content (AvgIpc) is 3.01. The fraction of sp³-hybridized carbons (Fsp3) is 0.440. The molecule has 1 unspecified atom stereocenters. The van der Waals surface area contributed by atoms with Gasteiger partial charge in [-0.1, -0.05) is 62.7 Å². The summed E-state index contributed by atoms with van der Waals surface area (Å²) in [5.41, 5.74) is 0.926. The molecule has 7 nitrogen and oxygen atoms in total. The molecule has 0 aliphatic carbocycles. The highest BCUT2D eigenvalue weighted by atomic mass is 16.2. The van der Waals surface area contributed by atoms with Gasteiger partial charge in [-0.15, -0.1) is 10.2 Å². The third-order valence-corrected chi connectivity index (χ3v) is 6.05. The number of nitrogens with zero attached hydrogens (tertiary/aromatic N) is 3. The van der Waals surface area contributed by atoms with E-state index in [0.29, 0.717) is 6.54 Å². The molecule has 0 saturated carbocycles. The Balaban J connectivity index is 1.36. The second-order valence-corrected chi connectivity index (χ2v) is 8.86. The van der Waals surface area contributed by atoms with Crippen molar-refractivity contribution >= 4 is 22.6 Å². The number of amides is 2. The van der Waals surface area contributed by atoms with Gasteiger partial charge in [-0.25, -0.2) is 0 Å². The summed E-state index contributed by atoms with van der Waals surface area (Å²) in [6, 6.07) is 13.5. The molecule has 2 heterocycles. The van der Waals surface area contributed by atoms with Crippen molar-refractivity contribution in [1.29, 1.82) is 0 Å². The van der Waals surface area contributed by atoms with Crippen molar-refractivity contribution in [2.24, 2.45) is 5.92 Å². The SMILES string of the molecule is CC(C)C(NC(=O)Cc1ccc2ccccc2c1)C(=O)NCc1nnc2n1CCCCC2. The highest BCUT2D eigenvalue weighted by Gasteiger charge is 2.25. The lowest BCUT2D eigenvalue weighted by Gasteiger charge is -2.22. The Bertz CT molecular complexity index is 1100. The predicted molar refractivity (Wildman–Crippen MR) is 124 cm³/mol. The molecule has 0 spiro atoms. The van der Waals surface area contributed by atoms with Crippen LogP contribution in [0.4, 0.5) is 0 Å². The van der Waals surface area contributed by atoms with Gasteiger partial charge in [0.15, 0.2) is 5.82 Å². The minimum atomic E-state index is -0.602. The number of rotatable bonds is 7. The van der Waals surface area contributed by atoms with E-state index >= 15 is 0 Å². The largest absolute Gasteiger partial charge is 0.347 e. The standard InChI is InChI=1S/C25H31N5O2/c1-17(2)24(25(32)26-16-22-29-28-21-10-4-3-7-13-30(21)22)27-23(31)15-18-11-12-19-8-5-6-9-20(19)14-18/h5-6,8-9,11-12,14,17,24H,3-4,7,10,13,15-16H2,1-2H3,(H,26,32)(H,27,31). The lowest BCUT2D eigenvalue weighted by molar-refractivity contribution is -0.129. The van der Waals surface area contributed by atoms with E-state index < -0.39 is 6.04 Å². The molecule has 1 aliphatic rings. The molecule has 1 aromatic heterocycles. The maximum atomic E-state index is 12.9. The van der Waals surface area contributed by atoms with Crippen LogP contribution < -0.4 is 10.6 Å². The Kier molecular flexibility index (Phi) is 6.83. The number of carbonyl (C=O) groups is 2. The van der Waals surface area contributed by atoms with Gasteiger partial charge in [0.2, 0.25) is 11.8 Å². The maximum absolute atomic E-state index is 12.9. The molecule has 1 atom stereocenters. The van der Waals surface area contributed by atoms with E-state index in [1.165, 1.54) is 6.42 Å². The number of aryl methyl sites for hydroxylation is 1. The van der Waals surface area contributed by atoms with Gasteiger partial charge < -0.3 is 15.2 Å². The van der Waals surface area contributed by atoms with Gasteiger partial charge in [0.25, 0.3) is 0 Å². The molecule has 7 heteroatoms. The van der Waals surface area contributed by atoms with Gasteiger partial charge in [0, 0.05) is 13.0 Å². The first-order valence-corrected chi connectivity index (χ1v) is 11.5. The zero-order valence-corrected chi connectivity index (χ0v) is 18.8. The molecule has 2 N–H and O–H groups in total. The highest BCUT2D eigenvalue weighted by molar-refractivity contribution is 5.89. The van der Waals surface area contributed by atoms with Gasteiger partial charge in [0.1, 0.15) is 11.9 Å². The fourth-order valence-electron chi connectivity index (χ4n) is 4.25. The van der Waals surface area contributed by atoms with Crippen LogP contribution >= 0.6 is 0 Å². The monoisotopic (exact) mass is 433 g/mol. The van der Waals surface area contributed by atoms with Crippen LogP contribution in [0.2, 0.25) is 0 Å². The molecular weight excluding hydrogens is 402 g/mol. The summed E-state index contributed by atoms with van der Waals surface area (Å²) in [5.74, 6) is 1.38. The summed E-state index contributed by atoms with van der Waals surface area (Å²) in [5, 5.41) is 16.7. The van der Waals surface area contributed by atoms with E-state index in [4.69, 9.17) is 0 Å². The highest BCUT2D eigenvalue weighted by Crippen LogP contribution is 2.17. The Morgan fingerprint density at radius 3 is 2.66 bits per heavy atom. The third-order valence-electron chi connectivity index (χ3n) is 6.05. The molecule has 1 aliphatic heterocycles. The quantitative estimate of drug-likeness (QED) is 0.599. The van der Waals surface area contributed by atoms with E-state index in [-0.39, 0.29) is 24.2 Å². The number of hydrogen-bond acceptors (Lipinski definition) is 4. The Morgan fingerprint density at radius 2 is 1.84 bits per heavy atom. The van der Waals surface area contributed by atoms with Crippen molar-refractivity contribution in [1.82, 2.24) is 25.4 Å². The van der Waals surface area contributed by atoms with E-state index in [0.717, 1.165) is 53.8 Å². The summed E-state index contributed by atoms with van der Waals surface area (Å²) < 4.78 is 2.12. The molecule has 0 saturated heterocycles. The second-order valence-electron chi connectivity index (χ2n) is 8.86. The van der Waals surface area contributed by atoms with Crippen LogP contribution in [-0.4, -0.2) is 32.6 Å². The van der Waals surface area contributed by atoms with Crippen molar-refractivity contribution in [3.63, 3.8) is 0 Å². The first-order valence-electron chi connectivity index (χ1n) is 11.5. The van der Waals surface area contributed by atoms with Gasteiger partial charge in [0.05, 0.1) is 13.0 Å². The molecule has 2 aromatic carbocycles. The lowest BCUT2D eigenvalue weighted by Crippen LogP contribution is -2.50. The summed E-state index contributed by atoms with van der Waals surface area (Å²) in [6.07, 6.45) is 4.59. The normalized spacial score (nSPS) is 14.6. The van der Waals surface area contributed by atoms with Gasteiger partial charge >= 0.3 is 0 Å². The zero-order chi connectivity index (χ0) is 22.5. The minimum Gasteiger partial charge on any atom is -0.347 e. The first-order chi connectivity index (χ1) is 15.5. The molecule has 2 amide bonds. The first kappa shape index (κ1) is 22.0. The summed E-state index contributed by atoms with van der Waals surface area (Å²) >= 11 is 0. The number of aromatic nitrogens is 3. The molecule has 0 bridgehead atoms. The van der Waals surface area contributed by atoms with Crippen LogP contribution in [0.15, 0.2) is 42.5 Å². The van der Waals surface area contributed by atoms with Crippen molar-refractivity contribution in [2.45, 2.75) is 65.1 Å². The fourth-order valence-corrected chi connectivity index (χ4v) is 4.25.